The molecule has 0 spiro atoms. The van der Waals surface area contributed by atoms with E-state index in [-0.39, 0.29) is 11.9 Å². The zero-order chi connectivity index (χ0) is 23.0. The normalized spacial score (nSPS) is 18.3. The lowest BCUT2D eigenvalue weighted by Crippen LogP contribution is -2.78. The highest BCUT2D eigenvalue weighted by molar-refractivity contribution is 5.90. The summed E-state index contributed by atoms with van der Waals surface area (Å²) in [4.78, 5) is 30.2. The van der Waals surface area contributed by atoms with Crippen LogP contribution in [0.5, 0.6) is 0 Å². The Kier molecular flexibility index (Phi) is 8.78. The van der Waals surface area contributed by atoms with Crippen molar-refractivity contribution >= 4 is 17.8 Å². The Morgan fingerprint density at radius 2 is 2.00 bits per heavy atom. The predicted molar refractivity (Wildman–Crippen MR) is 115 cm³/mol. The number of carbonyl (C=O) groups is 2. The number of aliphatic hydroxyl groups is 2. The van der Waals surface area contributed by atoms with E-state index in [0.29, 0.717) is 45.2 Å². The smallest absolute Gasteiger partial charge is 0.338 e. The molecule has 0 bridgehead atoms. The summed E-state index contributed by atoms with van der Waals surface area (Å²) in [6.45, 7) is 2.13. The highest BCUT2D eigenvalue weighted by Gasteiger charge is 2.40. The van der Waals surface area contributed by atoms with Crippen molar-refractivity contribution in [2.45, 2.75) is 62.9 Å². The molecule has 3 atom stereocenters. The molecule has 2 amide bonds. The first-order chi connectivity index (χ1) is 14.6. The third-order valence-corrected chi connectivity index (χ3v) is 5.49. The summed E-state index contributed by atoms with van der Waals surface area (Å²) >= 11 is 0. The van der Waals surface area contributed by atoms with Gasteiger partial charge in [0.25, 0.3) is 5.91 Å². The number of carbonyl (C=O) groups excluding carboxylic acids is 2. The Labute approximate surface area is 182 Å². The van der Waals surface area contributed by atoms with Crippen LogP contribution in [0.25, 0.3) is 0 Å². The Hall–Kier alpha value is -2.69. The predicted octanol–water partition coefficient (Wildman–Crippen LogP) is -3.85. The van der Waals surface area contributed by atoms with Crippen molar-refractivity contribution in [1.29, 1.82) is 0 Å². The van der Waals surface area contributed by atoms with E-state index in [9.17, 15) is 19.8 Å². The van der Waals surface area contributed by atoms with E-state index < -0.39 is 29.8 Å². The van der Waals surface area contributed by atoms with Gasteiger partial charge in [0.2, 0.25) is 5.91 Å². The van der Waals surface area contributed by atoms with Gasteiger partial charge in [-0.2, -0.15) is 0 Å². The van der Waals surface area contributed by atoms with Gasteiger partial charge >= 0.3 is 5.96 Å². The van der Waals surface area contributed by atoms with Gasteiger partial charge in [0.15, 0.2) is 11.8 Å². The van der Waals surface area contributed by atoms with Gasteiger partial charge in [-0.25, -0.2) is 0 Å². The first-order valence-electron chi connectivity index (χ1n) is 10.6. The van der Waals surface area contributed by atoms with Crippen molar-refractivity contribution < 1.29 is 30.5 Å². The van der Waals surface area contributed by atoms with E-state index in [1.54, 1.807) is 4.90 Å². The van der Waals surface area contributed by atoms with E-state index in [0.717, 1.165) is 5.56 Å². The van der Waals surface area contributed by atoms with Crippen LogP contribution in [0, 0.1) is 0 Å². The molecule has 0 aliphatic carbocycles. The monoisotopic (exact) mass is 436 g/mol. The number of rotatable bonds is 10. The molecule has 1 fully saturated rings. The second-order valence-electron chi connectivity index (χ2n) is 8.26. The van der Waals surface area contributed by atoms with Gasteiger partial charge in [0.1, 0.15) is 6.04 Å². The quantitative estimate of drug-likeness (QED) is 0.0852. The van der Waals surface area contributed by atoms with Crippen molar-refractivity contribution in [2.75, 3.05) is 13.1 Å². The molecule has 0 aromatic heterocycles. The minimum absolute atomic E-state index is 0.0784. The summed E-state index contributed by atoms with van der Waals surface area (Å²) in [5.74, 6) is -2.60. The maximum Gasteiger partial charge on any atom is 0.338 e. The van der Waals surface area contributed by atoms with Crippen LogP contribution in [0.15, 0.2) is 30.3 Å². The second-order valence-corrected chi connectivity index (χ2v) is 8.26. The molecule has 172 valence electrons. The molecule has 1 aliphatic heterocycles. The van der Waals surface area contributed by atoms with Crippen LogP contribution in [0.3, 0.4) is 0 Å². The van der Waals surface area contributed by atoms with Crippen LogP contribution in [-0.4, -0.2) is 69.9 Å². The lowest BCUT2D eigenvalue weighted by Gasteiger charge is -2.32. The largest absolute Gasteiger partial charge is 0.364 e. The first kappa shape index (κ1) is 24.6. The zero-order valence-electron chi connectivity index (χ0n) is 18.1. The van der Waals surface area contributed by atoms with Crippen LogP contribution < -0.4 is 27.5 Å². The van der Waals surface area contributed by atoms with Gasteiger partial charge < -0.3 is 26.2 Å². The molecule has 2 rings (SSSR count). The third kappa shape index (κ3) is 7.50. The van der Waals surface area contributed by atoms with Crippen LogP contribution in [0.2, 0.25) is 0 Å². The number of nitrogens with zero attached hydrogens (tertiary/aromatic N) is 1. The zero-order valence-corrected chi connectivity index (χ0v) is 18.1. The maximum atomic E-state index is 13.0. The number of hydrogen-bond acceptors (Lipinski definition) is 4. The molecule has 1 aromatic rings. The van der Waals surface area contributed by atoms with Gasteiger partial charge in [-0.3, -0.25) is 26.0 Å². The summed E-state index contributed by atoms with van der Waals surface area (Å²) in [7, 11) is 0. The summed E-state index contributed by atoms with van der Waals surface area (Å²) in [6.07, 6.45) is 2.52. The van der Waals surface area contributed by atoms with Crippen LogP contribution in [-0.2, 0) is 16.0 Å². The Bertz CT molecular complexity index is 761. The highest BCUT2D eigenvalue weighted by atomic mass is 16.5. The van der Waals surface area contributed by atoms with Gasteiger partial charge in [-0.15, -0.1) is 0 Å². The average molecular weight is 437 g/mol. The minimum Gasteiger partial charge on any atom is -0.364 e. The molecular weight excluding hydrogens is 400 g/mol. The number of quaternary nitrogens is 1. The molecule has 0 unspecified atom stereocenters. The summed E-state index contributed by atoms with van der Waals surface area (Å²) < 4.78 is 0. The molecule has 10 nitrogen and oxygen atoms in total. The SMILES string of the molecule is CC(O)(O)[C@H](CCC[NH+]=C(N)N)NC(=O)[C@@H]1CCCN1C(=O)[C@H]([NH3+])Cc1ccccc1. The molecule has 1 heterocycles. The Morgan fingerprint density at radius 1 is 1.32 bits per heavy atom. The fourth-order valence-electron chi connectivity index (χ4n) is 3.81. The highest BCUT2D eigenvalue weighted by Crippen LogP contribution is 2.20. The van der Waals surface area contributed by atoms with Crippen molar-refractivity contribution in [3.8, 4) is 0 Å². The van der Waals surface area contributed by atoms with Crippen LogP contribution >= 0.6 is 0 Å². The number of guanidine groups is 1. The third-order valence-electron chi connectivity index (χ3n) is 5.49. The van der Waals surface area contributed by atoms with Gasteiger partial charge in [-0.05, 0) is 38.2 Å². The number of benzene rings is 1. The molecule has 0 radical (unpaired) electrons. The van der Waals surface area contributed by atoms with Crippen molar-refractivity contribution in [1.82, 2.24) is 10.2 Å². The van der Waals surface area contributed by atoms with E-state index in [4.69, 9.17) is 11.5 Å². The van der Waals surface area contributed by atoms with Crippen LogP contribution in [0.4, 0.5) is 0 Å². The lowest BCUT2D eigenvalue weighted by molar-refractivity contribution is -0.460. The van der Waals surface area contributed by atoms with Crippen molar-refractivity contribution in [3.05, 3.63) is 35.9 Å². The van der Waals surface area contributed by atoms with Crippen LogP contribution in [0.1, 0.15) is 38.2 Å². The Morgan fingerprint density at radius 3 is 2.61 bits per heavy atom. The fraction of sp³-hybridized carbons (Fsp3) is 0.571. The molecule has 11 N–H and O–H groups in total. The number of amides is 2. The fourth-order valence-corrected chi connectivity index (χ4v) is 3.81. The van der Waals surface area contributed by atoms with Gasteiger partial charge in [0, 0.05) is 13.0 Å². The molecule has 31 heavy (non-hydrogen) atoms. The minimum atomic E-state index is -2.11. The second kappa shape index (κ2) is 11.1. The standard InChI is InChI=1S/C21H34N6O4/c1-21(30,31)17(10-5-11-25-20(23)24)26-18(28)16-9-6-12-27(16)19(29)15(22)13-14-7-3-2-4-8-14/h2-4,7-8,15-17,30-31H,5-6,9-13,22H2,1H3,(H,26,28)(H4,23,24,25)/p+2/t15-,16+,17+/m1/s1. The van der Waals surface area contributed by atoms with Gasteiger partial charge in [0.05, 0.1) is 12.6 Å². The van der Waals surface area contributed by atoms with E-state index >= 15 is 0 Å². The summed E-state index contributed by atoms with van der Waals surface area (Å²) in [5, 5.41) is 22.9. The summed E-state index contributed by atoms with van der Waals surface area (Å²) in [5.41, 5.74) is 15.7. The molecular formula is C21H36N6O4+2. The van der Waals surface area contributed by atoms with E-state index in [1.807, 2.05) is 30.3 Å². The molecule has 1 saturated heterocycles. The number of hydrogen-bond donors (Lipinski definition) is 7. The van der Waals surface area contributed by atoms with E-state index in [2.05, 4.69) is 16.0 Å². The molecule has 0 saturated carbocycles. The first-order valence-corrected chi connectivity index (χ1v) is 10.6. The average Bonchev–Trinajstić information content (AvgIpc) is 3.19. The molecule has 1 aliphatic rings. The summed E-state index contributed by atoms with van der Waals surface area (Å²) in [6, 6.07) is 7.56. The Balaban J connectivity index is 1.99. The number of likely N-dealkylation sites (tertiary alicyclic amines) is 1. The number of nitrogens with one attached hydrogen (secondary N) is 2. The lowest BCUT2D eigenvalue weighted by atomic mass is 10.0. The van der Waals surface area contributed by atoms with Gasteiger partial charge in [-0.1, -0.05) is 30.3 Å². The van der Waals surface area contributed by atoms with Crippen molar-refractivity contribution in [2.24, 2.45) is 11.5 Å². The number of nitrogens with two attached hydrogens (primary N) is 2. The van der Waals surface area contributed by atoms with Crippen molar-refractivity contribution in [3.63, 3.8) is 0 Å². The topological polar surface area (TPSA) is 184 Å². The van der Waals surface area contributed by atoms with E-state index in [1.165, 1.54) is 6.92 Å². The molecule has 10 heteroatoms. The maximum absolute atomic E-state index is 13.0. The molecule has 1 aromatic carbocycles.